The van der Waals surface area contributed by atoms with E-state index in [4.69, 9.17) is 22.9 Å². The number of nitrogens with two attached hydrogens (primary N) is 1. The normalized spacial score (nSPS) is 12.5. The molecule has 0 radical (unpaired) electrons. The van der Waals surface area contributed by atoms with E-state index in [1.165, 1.54) is 0 Å². The van der Waals surface area contributed by atoms with Crippen molar-refractivity contribution in [3.8, 4) is 11.3 Å². The van der Waals surface area contributed by atoms with Crippen LogP contribution in [0.5, 0.6) is 0 Å². The molecule has 0 aliphatic carbocycles. The maximum atomic E-state index is 5.89. The third-order valence-electron chi connectivity index (χ3n) is 3.65. The van der Waals surface area contributed by atoms with Gasteiger partial charge in [0.1, 0.15) is 5.65 Å². The van der Waals surface area contributed by atoms with E-state index in [-0.39, 0.29) is 5.92 Å². The van der Waals surface area contributed by atoms with Crippen molar-refractivity contribution in [2.45, 2.75) is 19.8 Å². The summed E-state index contributed by atoms with van der Waals surface area (Å²) in [6.07, 6.45) is 3.56. The van der Waals surface area contributed by atoms with Crippen molar-refractivity contribution in [2.24, 2.45) is 5.73 Å². The monoisotopic (exact) mass is 296 g/mol. The lowest BCUT2D eigenvalue weighted by Gasteiger charge is -2.13. The largest absolute Gasteiger partial charge is 0.393 e. The molecule has 5 heteroatoms. The van der Waals surface area contributed by atoms with Crippen molar-refractivity contribution in [3.05, 3.63) is 54.1 Å². The maximum absolute atomic E-state index is 5.89. The number of rotatable bonds is 3. The first kappa shape index (κ1) is 13.7. The van der Waals surface area contributed by atoms with Gasteiger partial charge >= 0.3 is 0 Å². The van der Waals surface area contributed by atoms with Crippen molar-refractivity contribution in [1.82, 2.24) is 14.4 Å². The minimum Gasteiger partial charge on any atom is -0.393 e. The summed E-state index contributed by atoms with van der Waals surface area (Å²) in [7, 11) is 0. The van der Waals surface area contributed by atoms with E-state index in [0.29, 0.717) is 4.99 Å². The number of aryl methyl sites for hydroxylation is 1. The Bertz CT molecular complexity index is 808. The lowest BCUT2D eigenvalue weighted by molar-refractivity contribution is 0.908. The molecular formula is C16H16N4S. The Balaban J connectivity index is 2.37. The molecule has 1 unspecified atom stereocenters. The van der Waals surface area contributed by atoms with Crippen LogP contribution in [0.4, 0.5) is 0 Å². The second kappa shape index (κ2) is 5.26. The summed E-state index contributed by atoms with van der Waals surface area (Å²) >= 11 is 5.20. The fourth-order valence-corrected chi connectivity index (χ4v) is 2.64. The lowest BCUT2D eigenvalue weighted by atomic mass is 10.0. The molecule has 0 bridgehead atoms. The Morgan fingerprint density at radius 3 is 2.76 bits per heavy atom. The first-order chi connectivity index (χ1) is 10.1. The van der Waals surface area contributed by atoms with Crippen LogP contribution >= 0.6 is 12.2 Å². The topological polar surface area (TPSA) is 56.2 Å². The van der Waals surface area contributed by atoms with Crippen LogP contribution in [0.15, 0.2) is 42.7 Å². The number of nitrogens with zero attached hydrogens (tertiary/aromatic N) is 3. The molecule has 0 amide bonds. The van der Waals surface area contributed by atoms with Crippen molar-refractivity contribution in [1.29, 1.82) is 0 Å². The van der Waals surface area contributed by atoms with Crippen LogP contribution in [0.2, 0.25) is 0 Å². The molecule has 3 aromatic heterocycles. The molecule has 1 atom stereocenters. The molecule has 3 heterocycles. The van der Waals surface area contributed by atoms with E-state index >= 15 is 0 Å². The SMILES string of the molecule is Cc1cccc2nc(-c3cccnc3)c(C(C)C(N)=S)n12. The molecule has 0 fully saturated rings. The lowest BCUT2D eigenvalue weighted by Crippen LogP contribution is -2.19. The highest BCUT2D eigenvalue weighted by atomic mass is 32.1. The Kier molecular flexibility index (Phi) is 3.43. The molecule has 2 N–H and O–H groups in total. The quantitative estimate of drug-likeness (QED) is 0.755. The summed E-state index contributed by atoms with van der Waals surface area (Å²) in [6, 6.07) is 9.95. The van der Waals surface area contributed by atoms with Crippen molar-refractivity contribution >= 4 is 22.9 Å². The molecule has 3 aromatic rings. The summed E-state index contributed by atoms with van der Waals surface area (Å²) in [5.74, 6) is -0.0636. The molecule has 4 nitrogen and oxygen atoms in total. The molecule has 0 spiro atoms. The summed E-state index contributed by atoms with van der Waals surface area (Å²) in [5.41, 5.74) is 10.8. The number of imidazole rings is 1. The second-order valence-corrected chi connectivity index (χ2v) is 5.54. The van der Waals surface area contributed by atoms with Gasteiger partial charge in [-0.25, -0.2) is 4.98 Å². The zero-order valence-corrected chi connectivity index (χ0v) is 12.8. The highest BCUT2D eigenvalue weighted by molar-refractivity contribution is 7.80. The van der Waals surface area contributed by atoms with Crippen molar-refractivity contribution in [2.75, 3.05) is 0 Å². The van der Waals surface area contributed by atoms with Crippen LogP contribution in [0.1, 0.15) is 24.2 Å². The third kappa shape index (κ3) is 2.29. The summed E-state index contributed by atoms with van der Waals surface area (Å²) in [4.78, 5) is 9.40. The van der Waals surface area contributed by atoms with E-state index < -0.39 is 0 Å². The van der Waals surface area contributed by atoms with E-state index in [1.54, 1.807) is 6.20 Å². The summed E-state index contributed by atoms with van der Waals surface area (Å²) in [6.45, 7) is 4.07. The van der Waals surface area contributed by atoms with Crippen LogP contribution in [-0.4, -0.2) is 19.4 Å². The average Bonchev–Trinajstić information content (AvgIpc) is 2.88. The Hall–Kier alpha value is -2.27. The Morgan fingerprint density at radius 1 is 1.29 bits per heavy atom. The van der Waals surface area contributed by atoms with Crippen molar-refractivity contribution in [3.63, 3.8) is 0 Å². The van der Waals surface area contributed by atoms with Gasteiger partial charge in [-0.15, -0.1) is 0 Å². The van der Waals surface area contributed by atoms with Gasteiger partial charge in [0.25, 0.3) is 0 Å². The third-order valence-corrected chi connectivity index (χ3v) is 4.00. The maximum Gasteiger partial charge on any atom is 0.137 e. The number of hydrogen-bond donors (Lipinski definition) is 1. The van der Waals surface area contributed by atoms with Gasteiger partial charge in [-0.3, -0.25) is 9.38 Å². The van der Waals surface area contributed by atoms with E-state index in [0.717, 1.165) is 28.3 Å². The highest BCUT2D eigenvalue weighted by Gasteiger charge is 2.22. The second-order valence-electron chi connectivity index (χ2n) is 5.07. The number of thiocarbonyl (C=S) groups is 1. The Labute approximate surface area is 128 Å². The number of pyridine rings is 2. The number of fused-ring (bicyclic) bond motifs is 1. The average molecular weight is 296 g/mol. The molecule has 3 rings (SSSR count). The molecule has 0 saturated heterocycles. The predicted molar refractivity (Wildman–Crippen MR) is 88.4 cm³/mol. The van der Waals surface area contributed by atoms with Gasteiger partial charge in [-0.2, -0.15) is 0 Å². The standard InChI is InChI=1S/C16H16N4S/c1-10-5-3-7-13-19-14(12-6-4-8-18-9-12)15(20(10)13)11(2)16(17)21/h3-9,11H,1-2H3,(H2,17,21). The summed E-state index contributed by atoms with van der Waals surface area (Å²) in [5, 5.41) is 0. The number of hydrogen-bond acceptors (Lipinski definition) is 3. The number of aromatic nitrogens is 3. The smallest absolute Gasteiger partial charge is 0.137 e. The molecule has 0 aromatic carbocycles. The Morgan fingerprint density at radius 2 is 2.10 bits per heavy atom. The minimum absolute atomic E-state index is 0.0636. The van der Waals surface area contributed by atoms with Crippen LogP contribution in [0, 0.1) is 6.92 Å². The van der Waals surface area contributed by atoms with Gasteiger partial charge in [0.15, 0.2) is 0 Å². The van der Waals surface area contributed by atoms with Crippen molar-refractivity contribution < 1.29 is 0 Å². The van der Waals surface area contributed by atoms with Gasteiger partial charge < -0.3 is 5.73 Å². The molecule has 0 aliphatic heterocycles. The van der Waals surface area contributed by atoms with E-state index in [2.05, 4.69) is 22.4 Å². The molecular weight excluding hydrogens is 280 g/mol. The minimum atomic E-state index is -0.0636. The molecule has 0 aliphatic rings. The first-order valence-electron chi connectivity index (χ1n) is 6.77. The predicted octanol–water partition coefficient (Wildman–Crippen LogP) is 3.09. The summed E-state index contributed by atoms with van der Waals surface area (Å²) < 4.78 is 2.12. The zero-order chi connectivity index (χ0) is 15.0. The van der Waals surface area contributed by atoms with Gasteiger partial charge in [0.05, 0.1) is 16.4 Å². The van der Waals surface area contributed by atoms with Gasteiger partial charge in [0, 0.05) is 29.6 Å². The van der Waals surface area contributed by atoms with E-state index in [1.807, 2.05) is 37.4 Å². The fourth-order valence-electron chi connectivity index (χ4n) is 2.53. The van der Waals surface area contributed by atoms with Crippen LogP contribution in [0.25, 0.3) is 16.9 Å². The zero-order valence-electron chi connectivity index (χ0n) is 11.9. The van der Waals surface area contributed by atoms with Crippen LogP contribution in [-0.2, 0) is 0 Å². The first-order valence-corrected chi connectivity index (χ1v) is 7.18. The highest BCUT2D eigenvalue weighted by Crippen LogP contribution is 2.30. The molecule has 0 saturated carbocycles. The van der Waals surface area contributed by atoms with Crippen LogP contribution < -0.4 is 5.73 Å². The van der Waals surface area contributed by atoms with Crippen LogP contribution in [0.3, 0.4) is 0 Å². The molecule has 21 heavy (non-hydrogen) atoms. The van der Waals surface area contributed by atoms with Gasteiger partial charge in [0.2, 0.25) is 0 Å². The van der Waals surface area contributed by atoms with Gasteiger partial charge in [-0.1, -0.05) is 25.2 Å². The van der Waals surface area contributed by atoms with E-state index in [9.17, 15) is 0 Å². The fraction of sp³-hybridized carbons (Fsp3) is 0.188. The van der Waals surface area contributed by atoms with Gasteiger partial charge in [-0.05, 0) is 31.2 Å². The molecule has 106 valence electrons.